The third-order valence-corrected chi connectivity index (χ3v) is 0.496. The third-order valence-electron chi connectivity index (χ3n) is 0.496. The van der Waals surface area contributed by atoms with Crippen molar-refractivity contribution in [2.24, 2.45) is 0 Å². The zero-order chi connectivity index (χ0) is 7.44. The maximum absolute atomic E-state index is 9.77. The van der Waals surface area contributed by atoms with E-state index in [1.807, 2.05) is 0 Å². The molecule has 0 aromatic rings. The zero-order valence-electron chi connectivity index (χ0n) is 5.09. The van der Waals surface area contributed by atoms with E-state index in [9.17, 15) is 10.1 Å². The molecule has 0 rings (SSSR count). The van der Waals surface area contributed by atoms with E-state index < -0.39 is 10.8 Å². The van der Waals surface area contributed by atoms with Crippen LogP contribution in [0.2, 0.25) is 0 Å². The zero-order valence-corrected chi connectivity index (χ0v) is 5.09. The van der Waals surface area contributed by atoms with Crippen molar-refractivity contribution >= 4 is 0 Å². The van der Waals surface area contributed by atoms with Crippen molar-refractivity contribution < 1.29 is 9.66 Å². The van der Waals surface area contributed by atoms with Crippen molar-refractivity contribution in [2.75, 3.05) is 0 Å². The van der Waals surface area contributed by atoms with E-state index in [0.29, 0.717) is 0 Å². The van der Waals surface area contributed by atoms with Crippen LogP contribution in [0.15, 0.2) is 24.8 Å². The van der Waals surface area contributed by atoms with E-state index in [0.717, 1.165) is 0 Å². The molecule has 0 aromatic carbocycles. The van der Waals surface area contributed by atoms with Crippen LogP contribution in [0.5, 0.6) is 0 Å². The molecule has 0 unspecified atom stereocenters. The van der Waals surface area contributed by atoms with Crippen LogP contribution in [0.1, 0.15) is 6.92 Å². The first kappa shape index (κ1) is 7.68. The van der Waals surface area contributed by atoms with Crippen molar-refractivity contribution in [2.45, 2.75) is 6.92 Å². The van der Waals surface area contributed by atoms with E-state index in [2.05, 4.69) is 17.9 Å². The van der Waals surface area contributed by atoms with Gasteiger partial charge in [-0.15, -0.1) is 0 Å². The predicted octanol–water partition coefficient (Wildman–Crippen LogP) is 1.28. The summed E-state index contributed by atoms with van der Waals surface area (Å²) < 4.78 is 4.42. The SMILES string of the molecule is C=C(C)OC(=C)[N+](=O)[O-]. The van der Waals surface area contributed by atoms with Gasteiger partial charge in [-0.05, 0) is 6.92 Å². The van der Waals surface area contributed by atoms with Crippen molar-refractivity contribution in [3.05, 3.63) is 34.9 Å². The highest BCUT2D eigenvalue weighted by Crippen LogP contribution is 2.00. The Kier molecular flexibility index (Phi) is 2.44. The number of nitrogens with zero attached hydrogens (tertiary/aromatic N) is 1. The monoisotopic (exact) mass is 129 g/mol. The molecule has 0 amide bonds. The lowest BCUT2D eigenvalue weighted by Gasteiger charge is -1.96. The highest BCUT2D eigenvalue weighted by Gasteiger charge is 2.05. The van der Waals surface area contributed by atoms with E-state index in [1.54, 1.807) is 0 Å². The van der Waals surface area contributed by atoms with Gasteiger partial charge in [0.15, 0.2) is 0 Å². The molecule has 0 spiro atoms. The van der Waals surface area contributed by atoms with Crippen LogP contribution in [0, 0.1) is 10.1 Å². The van der Waals surface area contributed by atoms with Crippen LogP contribution in [-0.4, -0.2) is 4.92 Å². The Morgan fingerprint density at radius 2 is 2.11 bits per heavy atom. The summed E-state index contributed by atoms with van der Waals surface area (Å²) in [5, 5.41) is 9.77. The van der Waals surface area contributed by atoms with Gasteiger partial charge in [0, 0.05) is 6.58 Å². The molecule has 0 atom stereocenters. The van der Waals surface area contributed by atoms with Gasteiger partial charge in [-0.1, -0.05) is 6.58 Å². The molecule has 4 nitrogen and oxygen atoms in total. The Morgan fingerprint density at radius 3 is 2.22 bits per heavy atom. The molecule has 0 aliphatic carbocycles. The van der Waals surface area contributed by atoms with Gasteiger partial charge in [0.2, 0.25) is 0 Å². The van der Waals surface area contributed by atoms with Crippen LogP contribution in [0.25, 0.3) is 0 Å². The van der Waals surface area contributed by atoms with Crippen LogP contribution >= 0.6 is 0 Å². The summed E-state index contributed by atoms with van der Waals surface area (Å²) in [4.78, 5) is 9.06. The van der Waals surface area contributed by atoms with Gasteiger partial charge in [0.05, 0.1) is 0 Å². The first-order valence-corrected chi connectivity index (χ1v) is 2.20. The summed E-state index contributed by atoms with van der Waals surface area (Å²) >= 11 is 0. The van der Waals surface area contributed by atoms with Crippen molar-refractivity contribution in [1.29, 1.82) is 0 Å². The summed E-state index contributed by atoms with van der Waals surface area (Å²) in [7, 11) is 0. The van der Waals surface area contributed by atoms with Crippen LogP contribution in [-0.2, 0) is 4.74 Å². The standard InChI is InChI=1S/C5H7NO3/c1-4(2)9-5(3)6(7)8/h1,3H2,2H3. The molecule has 0 aliphatic rings. The fourth-order valence-electron chi connectivity index (χ4n) is 0.238. The predicted molar refractivity (Wildman–Crippen MR) is 32.0 cm³/mol. The van der Waals surface area contributed by atoms with Gasteiger partial charge < -0.3 is 4.74 Å². The quantitative estimate of drug-likeness (QED) is 0.327. The Balaban J connectivity index is 3.79. The smallest absolute Gasteiger partial charge is 0.407 e. The maximum Gasteiger partial charge on any atom is 0.425 e. The number of nitro groups is 1. The van der Waals surface area contributed by atoms with E-state index in [4.69, 9.17) is 0 Å². The molecule has 0 aromatic heterocycles. The normalized spacial score (nSPS) is 8.11. The van der Waals surface area contributed by atoms with Gasteiger partial charge in [-0.3, -0.25) is 10.1 Å². The molecule has 0 bridgehead atoms. The third kappa shape index (κ3) is 3.28. The average molecular weight is 129 g/mol. The van der Waals surface area contributed by atoms with E-state index in [1.165, 1.54) is 6.92 Å². The van der Waals surface area contributed by atoms with Crippen molar-refractivity contribution in [3.63, 3.8) is 0 Å². The highest BCUT2D eigenvalue weighted by molar-refractivity contribution is 4.81. The van der Waals surface area contributed by atoms with Gasteiger partial charge in [-0.2, -0.15) is 0 Å². The Labute approximate surface area is 52.6 Å². The fourth-order valence-corrected chi connectivity index (χ4v) is 0.238. The number of allylic oxidation sites excluding steroid dienone is 1. The minimum atomic E-state index is -0.714. The Morgan fingerprint density at radius 1 is 1.67 bits per heavy atom. The minimum absolute atomic E-state index is 0.261. The lowest BCUT2D eigenvalue weighted by molar-refractivity contribution is -0.459. The molecule has 0 radical (unpaired) electrons. The molecule has 0 heterocycles. The summed E-state index contributed by atoms with van der Waals surface area (Å²) in [5.74, 6) is -0.237. The summed E-state index contributed by atoms with van der Waals surface area (Å²) in [5.41, 5.74) is 0. The van der Waals surface area contributed by atoms with Gasteiger partial charge in [0.25, 0.3) is 0 Å². The fraction of sp³-hybridized carbons (Fsp3) is 0.200. The lowest BCUT2D eigenvalue weighted by atomic mass is 10.7. The van der Waals surface area contributed by atoms with Crippen molar-refractivity contribution in [3.8, 4) is 0 Å². The first-order chi connectivity index (χ1) is 4.04. The van der Waals surface area contributed by atoms with Gasteiger partial charge >= 0.3 is 5.88 Å². The average Bonchev–Trinajstić information content (AvgIpc) is 1.63. The second kappa shape index (κ2) is 2.86. The molecular weight excluding hydrogens is 122 g/mol. The number of rotatable bonds is 3. The lowest BCUT2D eigenvalue weighted by Crippen LogP contribution is -1.99. The highest BCUT2D eigenvalue weighted by atomic mass is 16.7. The summed E-state index contributed by atoms with van der Waals surface area (Å²) in [6, 6.07) is 0. The van der Waals surface area contributed by atoms with Gasteiger partial charge in [-0.25, -0.2) is 0 Å². The number of ether oxygens (including phenoxy) is 1. The summed E-state index contributed by atoms with van der Waals surface area (Å²) in [6.07, 6.45) is 0. The molecule has 9 heavy (non-hydrogen) atoms. The van der Waals surface area contributed by atoms with E-state index in [-0.39, 0.29) is 5.76 Å². The molecular formula is C5H7NO3. The largest absolute Gasteiger partial charge is 0.425 e. The molecule has 0 saturated carbocycles. The second-order valence-corrected chi connectivity index (χ2v) is 1.45. The van der Waals surface area contributed by atoms with Crippen LogP contribution in [0.4, 0.5) is 0 Å². The number of hydrogen-bond donors (Lipinski definition) is 0. The molecule has 0 N–H and O–H groups in total. The van der Waals surface area contributed by atoms with Crippen LogP contribution < -0.4 is 0 Å². The molecule has 0 aliphatic heterocycles. The molecule has 0 fully saturated rings. The minimum Gasteiger partial charge on any atom is -0.407 e. The first-order valence-electron chi connectivity index (χ1n) is 2.20. The number of hydrogen-bond acceptors (Lipinski definition) is 3. The summed E-state index contributed by atoms with van der Waals surface area (Å²) in [6.45, 7) is 7.81. The van der Waals surface area contributed by atoms with Crippen molar-refractivity contribution in [1.82, 2.24) is 0 Å². The molecule has 50 valence electrons. The maximum atomic E-state index is 9.77. The second-order valence-electron chi connectivity index (χ2n) is 1.45. The van der Waals surface area contributed by atoms with Gasteiger partial charge in [0.1, 0.15) is 10.7 Å². The topological polar surface area (TPSA) is 52.4 Å². The van der Waals surface area contributed by atoms with E-state index >= 15 is 0 Å². The Hall–Kier alpha value is -1.32. The Bertz CT molecular complexity index is 162. The molecule has 4 heteroatoms. The molecule has 0 saturated heterocycles. The van der Waals surface area contributed by atoms with Crippen LogP contribution in [0.3, 0.4) is 0 Å².